The van der Waals surface area contributed by atoms with Crippen molar-refractivity contribution >= 4 is 5.69 Å². The highest BCUT2D eigenvalue weighted by atomic mass is 15.1. The summed E-state index contributed by atoms with van der Waals surface area (Å²) in [5, 5.41) is 3.44. The molecule has 1 heterocycles. The highest BCUT2D eigenvalue weighted by Crippen LogP contribution is 2.28. The van der Waals surface area contributed by atoms with E-state index in [1.165, 1.54) is 48.9 Å². The summed E-state index contributed by atoms with van der Waals surface area (Å²) in [7, 11) is 2.30. The Labute approximate surface area is 117 Å². The molecule has 1 aromatic rings. The van der Waals surface area contributed by atoms with Crippen LogP contribution in [0.25, 0.3) is 0 Å². The van der Waals surface area contributed by atoms with Gasteiger partial charge in [0.2, 0.25) is 0 Å². The topological polar surface area (TPSA) is 15.3 Å². The van der Waals surface area contributed by atoms with Crippen LogP contribution in [-0.4, -0.2) is 24.5 Å². The molecule has 19 heavy (non-hydrogen) atoms. The van der Waals surface area contributed by atoms with E-state index in [0.29, 0.717) is 0 Å². The Morgan fingerprint density at radius 3 is 3.05 bits per heavy atom. The number of fused-ring (bicyclic) bond motifs is 1. The first-order valence-electron chi connectivity index (χ1n) is 7.78. The second-order valence-electron chi connectivity index (χ2n) is 6.51. The second-order valence-corrected chi connectivity index (χ2v) is 6.51. The number of nitrogens with zero attached hydrogens (tertiary/aromatic N) is 1. The van der Waals surface area contributed by atoms with E-state index in [0.717, 1.165) is 25.0 Å². The van der Waals surface area contributed by atoms with Crippen LogP contribution in [0.3, 0.4) is 0 Å². The van der Waals surface area contributed by atoms with Gasteiger partial charge in [-0.3, -0.25) is 4.90 Å². The third kappa shape index (κ3) is 2.94. The van der Waals surface area contributed by atoms with Crippen molar-refractivity contribution in [2.75, 3.05) is 18.9 Å². The van der Waals surface area contributed by atoms with Gasteiger partial charge in [0, 0.05) is 24.8 Å². The normalized spacial score (nSPS) is 26.3. The largest absolute Gasteiger partial charge is 0.384 e. The highest BCUT2D eigenvalue weighted by Gasteiger charge is 2.22. The standard InChI is InChI=1S/C17H26N2/c1-13-4-3-5-16(10-13)19(2)12-14-6-7-17-15(11-14)8-9-18-17/h6-7,11,13,16,18H,3-5,8-10,12H2,1-2H3. The van der Waals surface area contributed by atoms with Crippen LogP contribution in [0, 0.1) is 5.92 Å². The number of benzene rings is 1. The van der Waals surface area contributed by atoms with Crippen LogP contribution in [0.1, 0.15) is 43.7 Å². The Balaban J connectivity index is 1.64. The predicted molar refractivity (Wildman–Crippen MR) is 81.5 cm³/mol. The van der Waals surface area contributed by atoms with Gasteiger partial charge in [-0.2, -0.15) is 0 Å². The molecule has 1 aliphatic carbocycles. The van der Waals surface area contributed by atoms with E-state index in [-0.39, 0.29) is 0 Å². The lowest BCUT2D eigenvalue weighted by molar-refractivity contribution is 0.157. The first kappa shape index (κ1) is 13.0. The van der Waals surface area contributed by atoms with Gasteiger partial charge in [-0.1, -0.05) is 31.9 Å². The first-order chi connectivity index (χ1) is 9.22. The molecule has 2 aliphatic rings. The minimum Gasteiger partial charge on any atom is -0.384 e. The fourth-order valence-corrected chi connectivity index (χ4v) is 3.68. The van der Waals surface area contributed by atoms with Crippen molar-refractivity contribution in [3.63, 3.8) is 0 Å². The van der Waals surface area contributed by atoms with Crippen molar-refractivity contribution in [3.8, 4) is 0 Å². The van der Waals surface area contributed by atoms with Crippen molar-refractivity contribution in [1.29, 1.82) is 0 Å². The Hall–Kier alpha value is -1.02. The molecule has 2 nitrogen and oxygen atoms in total. The molecule has 1 N–H and O–H groups in total. The lowest BCUT2D eigenvalue weighted by Crippen LogP contribution is -2.35. The Morgan fingerprint density at radius 2 is 2.21 bits per heavy atom. The molecule has 0 radical (unpaired) electrons. The third-order valence-electron chi connectivity index (χ3n) is 4.84. The second kappa shape index (κ2) is 5.54. The van der Waals surface area contributed by atoms with Gasteiger partial charge in [-0.05, 0) is 49.4 Å². The van der Waals surface area contributed by atoms with Crippen LogP contribution in [0.15, 0.2) is 18.2 Å². The van der Waals surface area contributed by atoms with Crippen molar-refractivity contribution in [2.24, 2.45) is 5.92 Å². The molecule has 2 unspecified atom stereocenters. The van der Waals surface area contributed by atoms with E-state index in [1.54, 1.807) is 0 Å². The molecule has 1 aromatic carbocycles. The highest BCUT2D eigenvalue weighted by molar-refractivity contribution is 5.56. The molecule has 104 valence electrons. The average molecular weight is 258 g/mol. The zero-order valence-corrected chi connectivity index (χ0v) is 12.3. The summed E-state index contributed by atoms with van der Waals surface area (Å²) in [6, 6.07) is 7.74. The molecule has 3 rings (SSSR count). The summed E-state index contributed by atoms with van der Waals surface area (Å²) < 4.78 is 0. The predicted octanol–water partition coefficient (Wildman–Crippen LogP) is 3.67. The molecule has 0 aromatic heterocycles. The van der Waals surface area contributed by atoms with Gasteiger partial charge in [0.05, 0.1) is 0 Å². The summed E-state index contributed by atoms with van der Waals surface area (Å²) in [6.07, 6.45) is 6.78. The van der Waals surface area contributed by atoms with E-state index >= 15 is 0 Å². The van der Waals surface area contributed by atoms with Gasteiger partial charge >= 0.3 is 0 Å². The first-order valence-corrected chi connectivity index (χ1v) is 7.78. The zero-order chi connectivity index (χ0) is 13.2. The molecule has 1 saturated carbocycles. The molecule has 1 aliphatic heterocycles. The van der Waals surface area contributed by atoms with Crippen molar-refractivity contribution in [1.82, 2.24) is 4.90 Å². The van der Waals surface area contributed by atoms with Crippen LogP contribution in [0.4, 0.5) is 5.69 Å². The van der Waals surface area contributed by atoms with Crippen LogP contribution in [-0.2, 0) is 13.0 Å². The van der Waals surface area contributed by atoms with Gasteiger partial charge in [-0.15, -0.1) is 0 Å². The van der Waals surface area contributed by atoms with Crippen LogP contribution >= 0.6 is 0 Å². The number of hydrogen-bond donors (Lipinski definition) is 1. The van der Waals surface area contributed by atoms with E-state index in [2.05, 4.69) is 42.4 Å². The summed E-state index contributed by atoms with van der Waals surface area (Å²) >= 11 is 0. The summed E-state index contributed by atoms with van der Waals surface area (Å²) in [4.78, 5) is 2.57. The minimum atomic E-state index is 0.787. The molecule has 2 heteroatoms. The molecular formula is C17H26N2. The fraction of sp³-hybridized carbons (Fsp3) is 0.647. The van der Waals surface area contributed by atoms with Crippen molar-refractivity contribution in [3.05, 3.63) is 29.3 Å². The van der Waals surface area contributed by atoms with Crippen LogP contribution in [0.5, 0.6) is 0 Å². The van der Waals surface area contributed by atoms with Gasteiger partial charge in [0.15, 0.2) is 0 Å². The molecule has 0 bridgehead atoms. The van der Waals surface area contributed by atoms with Gasteiger partial charge in [0.25, 0.3) is 0 Å². The monoisotopic (exact) mass is 258 g/mol. The minimum absolute atomic E-state index is 0.787. The van der Waals surface area contributed by atoms with E-state index < -0.39 is 0 Å². The maximum Gasteiger partial charge on any atom is 0.0373 e. The number of rotatable bonds is 3. The lowest BCUT2D eigenvalue weighted by Gasteiger charge is -2.34. The van der Waals surface area contributed by atoms with Gasteiger partial charge < -0.3 is 5.32 Å². The number of anilines is 1. The molecule has 0 spiro atoms. The maximum absolute atomic E-state index is 3.44. The average Bonchev–Trinajstić information content (AvgIpc) is 2.86. The Kier molecular flexibility index (Phi) is 3.79. The van der Waals surface area contributed by atoms with Crippen molar-refractivity contribution < 1.29 is 0 Å². The van der Waals surface area contributed by atoms with Gasteiger partial charge in [0.1, 0.15) is 0 Å². The Bertz CT molecular complexity index is 441. The van der Waals surface area contributed by atoms with E-state index in [1.807, 2.05) is 0 Å². The van der Waals surface area contributed by atoms with E-state index in [9.17, 15) is 0 Å². The van der Waals surface area contributed by atoms with E-state index in [4.69, 9.17) is 0 Å². The zero-order valence-electron chi connectivity index (χ0n) is 12.3. The molecule has 1 fully saturated rings. The molecule has 0 amide bonds. The summed E-state index contributed by atoms with van der Waals surface area (Å²) in [5.41, 5.74) is 4.32. The lowest BCUT2D eigenvalue weighted by atomic mass is 9.86. The molecule has 0 saturated heterocycles. The van der Waals surface area contributed by atoms with Crippen LogP contribution in [0.2, 0.25) is 0 Å². The SMILES string of the molecule is CC1CCCC(N(C)Cc2ccc3c(c2)CCN3)C1. The van der Waals surface area contributed by atoms with Crippen molar-refractivity contribution in [2.45, 2.75) is 51.6 Å². The smallest absolute Gasteiger partial charge is 0.0373 e. The third-order valence-corrected chi connectivity index (χ3v) is 4.84. The molecule has 2 atom stereocenters. The number of hydrogen-bond acceptors (Lipinski definition) is 2. The summed E-state index contributed by atoms with van der Waals surface area (Å²) in [6.45, 7) is 4.61. The molecular weight excluding hydrogens is 232 g/mol. The Morgan fingerprint density at radius 1 is 1.32 bits per heavy atom. The summed E-state index contributed by atoms with van der Waals surface area (Å²) in [5.74, 6) is 0.908. The van der Waals surface area contributed by atoms with Gasteiger partial charge in [-0.25, -0.2) is 0 Å². The number of nitrogens with one attached hydrogen (secondary N) is 1. The fourth-order valence-electron chi connectivity index (χ4n) is 3.68. The maximum atomic E-state index is 3.44. The quantitative estimate of drug-likeness (QED) is 0.890. The van der Waals surface area contributed by atoms with Crippen LogP contribution < -0.4 is 5.32 Å².